The van der Waals surface area contributed by atoms with Gasteiger partial charge < -0.3 is 5.32 Å². The van der Waals surface area contributed by atoms with Crippen LogP contribution in [-0.4, -0.2) is 29.0 Å². The number of hydrogen-bond donors (Lipinski definition) is 1. The number of halogens is 1. The number of aromatic nitrogens is 1. The minimum absolute atomic E-state index is 0.265. The highest BCUT2D eigenvalue weighted by Crippen LogP contribution is 2.30. The van der Waals surface area contributed by atoms with Crippen LogP contribution in [0.4, 0.5) is 5.82 Å². The molecule has 0 aromatic carbocycles. The van der Waals surface area contributed by atoms with Crippen LogP contribution < -0.4 is 5.32 Å². The standard InChI is InChI=1S/C13H20ClN3/c1-13(2)7-4-8-17(13)9-11-10(14)5-6-12(15-3)16-11/h5-6H,4,7-9H2,1-3H3,(H,15,16). The van der Waals surface area contributed by atoms with E-state index in [2.05, 4.69) is 29.0 Å². The average Bonchev–Trinajstić information content (AvgIpc) is 2.61. The summed E-state index contributed by atoms with van der Waals surface area (Å²) in [7, 11) is 1.87. The predicted octanol–water partition coefficient (Wildman–Crippen LogP) is 3.15. The molecule has 1 saturated heterocycles. The van der Waals surface area contributed by atoms with Gasteiger partial charge in [0.15, 0.2) is 0 Å². The fraction of sp³-hybridized carbons (Fsp3) is 0.615. The minimum Gasteiger partial charge on any atom is -0.373 e. The zero-order valence-corrected chi connectivity index (χ0v) is 11.5. The lowest BCUT2D eigenvalue weighted by Crippen LogP contribution is -2.37. The first-order valence-electron chi connectivity index (χ1n) is 6.11. The summed E-state index contributed by atoms with van der Waals surface area (Å²) in [5, 5.41) is 3.81. The molecule has 1 aromatic heterocycles. The summed E-state index contributed by atoms with van der Waals surface area (Å²) in [6, 6.07) is 3.82. The first kappa shape index (κ1) is 12.7. The molecule has 0 radical (unpaired) electrons. The lowest BCUT2D eigenvalue weighted by atomic mass is 10.0. The van der Waals surface area contributed by atoms with E-state index in [4.69, 9.17) is 11.6 Å². The van der Waals surface area contributed by atoms with Crippen LogP contribution >= 0.6 is 11.6 Å². The summed E-state index contributed by atoms with van der Waals surface area (Å²) in [5.74, 6) is 0.876. The Morgan fingerprint density at radius 2 is 2.24 bits per heavy atom. The van der Waals surface area contributed by atoms with E-state index in [1.165, 1.54) is 12.8 Å². The number of rotatable bonds is 3. The van der Waals surface area contributed by atoms with E-state index in [1.807, 2.05) is 19.2 Å². The maximum atomic E-state index is 6.21. The summed E-state index contributed by atoms with van der Waals surface area (Å²) in [4.78, 5) is 6.99. The van der Waals surface area contributed by atoms with Gasteiger partial charge >= 0.3 is 0 Å². The number of anilines is 1. The molecule has 1 aliphatic heterocycles. The topological polar surface area (TPSA) is 28.2 Å². The summed E-state index contributed by atoms with van der Waals surface area (Å²) in [5.41, 5.74) is 1.23. The van der Waals surface area contributed by atoms with Crippen LogP contribution in [0.2, 0.25) is 5.02 Å². The number of likely N-dealkylation sites (tertiary alicyclic amines) is 1. The van der Waals surface area contributed by atoms with E-state index < -0.39 is 0 Å². The van der Waals surface area contributed by atoms with Crippen LogP contribution in [0.1, 0.15) is 32.4 Å². The molecule has 0 atom stereocenters. The molecule has 94 valence electrons. The zero-order chi connectivity index (χ0) is 12.5. The fourth-order valence-electron chi connectivity index (χ4n) is 2.37. The first-order chi connectivity index (χ1) is 8.03. The van der Waals surface area contributed by atoms with Gasteiger partial charge in [-0.25, -0.2) is 4.98 Å². The quantitative estimate of drug-likeness (QED) is 0.897. The number of pyridine rings is 1. The van der Waals surface area contributed by atoms with E-state index in [-0.39, 0.29) is 5.54 Å². The third kappa shape index (κ3) is 2.72. The number of nitrogens with one attached hydrogen (secondary N) is 1. The van der Waals surface area contributed by atoms with Gasteiger partial charge in [-0.15, -0.1) is 0 Å². The van der Waals surface area contributed by atoms with Crippen molar-refractivity contribution in [3.05, 3.63) is 22.8 Å². The first-order valence-corrected chi connectivity index (χ1v) is 6.49. The van der Waals surface area contributed by atoms with Gasteiger partial charge in [-0.2, -0.15) is 0 Å². The largest absolute Gasteiger partial charge is 0.373 e. The highest BCUT2D eigenvalue weighted by Gasteiger charge is 2.32. The highest BCUT2D eigenvalue weighted by molar-refractivity contribution is 6.31. The van der Waals surface area contributed by atoms with Gasteiger partial charge in [-0.3, -0.25) is 4.90 Å². The summed E-state index contributed by atoms with van der Waals surface area (Å²) < 4.78 is 0. The third-order valence-electron chi connectivity index (χ3n) is 3.59. The monoisotopic (exact) mass is 253 g/mol. The van der Waals surface area contributed by atoms with Crippen LogP contribution in [0.25, 0.3) is 0 Å². The van der Waals surface area contributed by atoms with Gasteiger partial charge in [0.25, 0.3) is 0 Å². The zero-order valence-electron chi connectivity index (χ0n) is 10.8. The molecular formula is C13H20ClN3. The Balaban J connectivity index is 2.18. The Morgan fingerprint density at radius 3 is 2.82 bits per heavy atom. The molecule has 0 unspecified atom stereocenters. The number of nitrogens with zero attached hydrogens (tertiary/aromatic N) is 2. The van der Waals surface area contributed by atoms with Crippen LogP contribution in [0.5, 0.6) is 0 Å². The van der Waals surface area contributed by atoms with Crippen molar-refractivity contribution in [3.63, 3.8) is 0 Å². The maximum absolute atomic E-state index is 6.21. The summed E-state index contributed by atoms with van der Waals surface area (Å²) >= 11 is 6.21. The molecule has 0 bridgehead atoms. The van der Waals surface area contributed by atoms with Crippen molar-refractivity contribution in [2.75, 3.05) is 18.9 Å². The SMILES string of the molecule is CNc1ccc(Cl)c(CN2CCCC2(C)C)n1. The molecule has 2 heterocycles. The van der Waals surface area contributed by atoms with Gasteiger partial charge in [0.05, 0.1) is 10.7 Å². The van der Waals surface area contributed by atoms with Crippen LogP contribution in [0.15, 0.2) is 12.1 Å². The molecule has 0 aliphatic carbocycles. The van der Waals surface area contributed by atoms with E-state index >= 15 is 0 Å². The Morgan fingerprint density at radius 1 is 1.47 bits per heavy atom. The third-order valence-corrected chi connectivity index (χ3v) is 3.93. The Labute approximate surface area is 108 Å². The van der Waals surface area contributed by atoms with E-state index in [1.54, 1.807) is 0 Å². The Bertz CT molecular complexity index is 404. The second-order valence-electron chi connectivity index (χ2n) is 5.21. The average molecular weight is 254 g/mol. The summed E-state index contributed by atoms with van der Waals surface area (Å²) in [6.45, 7) is 6.54. The highest BCUT2D eigenvalue weighted by atomic mass is 35.5. The van der Waals surface area contributed by atoms with Crippen LogP contribution in [0.3, 0.4) is 0 Å². The Kier molecular flexibility index (Phi) is 3.59. The van der Waals surface area contributed by atoms with Crippen molar-refractivity contribution < 1.29 is 0 Å². The second-order valence-corrected chi connectivity index (χ2v) is 5.62. The maximum Gasteiger partial charge on any atom is 0.126 e. The number of hydrogen-bond acceptors (Lipinski definition) is 3. The molecule has 1 aliphatic rings. The van der Waals surface area contributed by atoms with Crippen molar-refractivity contribution in [2.45, 2.75) is 38.8 Å². The van der Waals surface area contributed by atoms with Gasteiger partial charge in [0, 0.05) is 19.1 Å². The second kappa shape index (κ2) is 4.83. The van der Waals surface area contributed by atoms with Crippen molar-refractivity contribution in [1.82, 2.24) is 9.88 Å². The molecule has 1 N–H and O–H groups in total. The van der Waals surface area contributed by atoms with Crippen molar-refractivity contribution in [1.29, 1.82) is 0 Å². The molecule has 4 heteroatoms. The minimum atomic E-state index is 0.265. The molecular weight excluding hydrogens is 234 g/mol. The molecule has 2 rings (SSSR count). The normalized spacial score (nSPS) is 19.5. The van der Waals surface area contributed by atoms with Crippen LogP contribution in [-0.2, 0) is 6.54 Å². The van der Waals surface area contributed by atoms with Gasteiger partial charge in [0.2, 0.25) is 0 Å². The van der Waals surface area contributed by atoms with Crippen molar-refractivity contribution >= 4 is 17.4 Å². The molecule has 1 fully saturated rings. The van der Waals surface area contributed by atoms with Gasteiger partial charge in [-0.05, 0) is 45.4 Å². The lowest BCUT2D eigenvalue weighted by Gasteiger charge is -2.31. The van der Waals surface area contributed by atoms with E-state index in [0.29, 0.717) is 0 Å². The lowest BCUT2D eigenvalue weighted by molar-refractivity contribution is 0.164. The molecule has 17 heavy (non-hydrogen) atoms. The Hall–Kier alpha value is -0.800. The molecule has 0 spiro atoms. The van der Waals surface area contributed by atoms with Crippen molar-refractivity contribution in [3.8, 4) is 0 Å². The molecule has 0 amide bonds. The molecule has 3 nitrogen and oxygen atoms in total. The van der Waals surface area contributed by atoms with Gasteiger partial charge in [0.1, 0.15) is 5.82 Å². The smallest absolute Gasteiger partial charge is 0.126 e. The summed E-state index contributed by atoms with van der Waals surface area (Å²) in [6.07, 6.45) is 2.51. The van der Waals surface area contributed by atoms with E-state index in [9.17, 15) is 0 Å². The molecule has 0 saturated carbocycles. The van der Waals surface area contributed by atoms with E-state index in [0.717, 1.165) is 29.6 Å². The predicted molar refractivity (Wildman–Crippen MR) is 72.5 cm³/mol. The van der Waals surface area contributed by atoms with Crippen molar-refractivity contribution in [2.24, 2.45) is 0 Å². The molecule has 1 aromatic rings. The van der Waals surface area contributed by atoms with Crippen LogP contribution in [0, 0.1) is 0 Å². The fourth-order valence-corrected chi connectivity index (χ4v) is 2.54. The van der Waals surface area contributed by atoms with Gasteiger partial charge in [-0.1, -0.05) is 11.6 Å².